The maximum absolute atomic E-state index is 13.6. The molecular formula is C22H25N3O. The van der Waals surface area contributed by atoms with E-state index in [0.717, 1.165) is 29.6 Å². The molecule has 1 aromatic carbocycles. The molecule has 4 fully saturated rings. The Morgan fingerprint density at radius 2 is 1.69 bits per heavy atom. The Labute approximate surface area is 154 Å². The molecule has 2 unspecified atom stereocenters. The third kappa shape index (κ3) is 2.72. The van der Waals surface area contributed by atoms with E-state index in [9.17, 15) is 4.79 Å². The molecule has 2 saturated heterocycles. The Kier molecular flexibility index (Phi) is 3.80. The molecule has 4 atom stereocenters. The summed E-state index contributed by atoms with van der Waals surface area (Å²) in [6.45, 7) is 2.80. The van der Waals surface area contributed by atoms with E-state index in [1.165, 1.54) is 32.1 Å². The minimum atomic E-state index is 0.127. The molecule has 1 amide bonds. The van der Waals surface area contributed by atoms with E-state index in [1.807, 2.05) is 37.3 Å². The molecule has 4 bridgehead atoms. The Bertz CT molecular complexity index is 821. The number of carbonyl (C=O) groups excluding carboxylic acids is 1. The van der Waals surface area contributed by atoms with Gasteiger partial charge in [-0.2, -0.15) is 0 Å². The highest BCUT2D eigenvalue weighted by Gasteiger charge is 2.44. The largest absolute Gasteiger partial charge is 0.335 e. The van der Waals surface area contributed by atoms with Crippen molar-refractivity contribution in [2.45, 2.75) is 45.1 Å². The van der Waals surface area contributed by atoms with Gasteiger partial charge in [-0.1, -0.05) is 30.3 Å². The number of benzene rings is 1. The smallest absolute Gasteiger partial charge is 0.257 e. The number of fused-ring (bicyclic) bond motifs is 1. The fourth-order valence-electron chi connectivity index (χ4n) is 5.63. The van der Waals surface area contributed by atoms with Crippen molar-refractivity contribution in [3.05, 3.63) is 47.9 Å². The highest BCUT2D eigenvalue weighted by molar-refractivity contribution is 5.99. The van der Waals surface area contributed by atoms with Crippen LogP contribution >= 0.6 is 0 Å². The summed E-state index contributed by atoms with van der Waals surface area (Å²) < 4.78 is 0. The Morgan fingerprint density at radius 3 is 2.42 bits per heavy atom. The van der Waals surface area contributed by atoms with Crippen LogP contribution in [0.1, 0.15) is 48.3 Å². The molecule has 4 nitrogen and oxygen atoms in total. The van der Waals surface area contributed by atoms with Crippen molar-refractivity contribution in [1.82, 2.24) is 14.9 Å². The second-order valence-electron chi connectivity index (χ2n) is 8.43. The number of rotatable bonds is 2. The zero-order valence-corrected chi connectivity index (χ0v) is 15.3. The first-order chi connectivity index (χ1) is 12.7. The number of amides is 1. The summed E-state index contributed by atoms with van der Waals surface area (Å²) >= 11 is 0. The fraction of sp³-hybridized carbons (Fsp3) is 0.500. The summed E-state index contributed by atoms with van der Waals surface area (Å²) in [5.74, 6) is 3.18. The van der Waals surface area contributed by atoms with Gasteiger partial charge in [0, 0.05) is 24.3 Å². The molecule has 26 heavy (non-hydrogen) atoms. The molecule has 4 aliphatic rings. The third-order valence-corrected chi connectivity index (χ3v) is 6.55. The van der Waals surface area contributed by atoms with E-state index in [4.69, 9.17) is 0 Å². The van der Waals surface area contributed by atoms with E-state index in [-0.39, 0.29) is 5.91 Å². The summed E-state index contributed by atoms with van der Waals surface area (Å²) in [5.41, 5.74) is 2.41. The first-order valence-electron chi connectivity index (χ1n) is 9.87. The molecule has 2 saturated carbocycles. The van der Waals surface area contributed by atoms with Gasteiger partial charge in [-0.05, 0) is 56.8 Å². The summed E-state index contributed by atoms with van der Waals surface area (Å²) in [4.78, 5) is 24.7. The summed E-state index contributed by atoms with van der Waals surface area (Å²) in [6, 6.07) is 10.4. The molecule has 2 aliphatic heterocycles. The number of nitrogens with zero attached hydrogens (tertiary/aromatic N) is 3. The molecule has 134 valence electrons. The quantitative estimate of drug-likeness (QED) is 0.821. The maximum Gasteiger partial charge on any atom is 0.257 e. The van der Waals surface area contributed by atoms with Crippen LogP contribution in [-0.2, 0) is 0 Å². The molecule has 2 aromatic rings. The van der Waals surface area contributed by atoms with Crippen LogP contribution in [0.25, 0.3) is 11.3 Å². The van der Waals surface area contributed by atoms with Crippen LogP contribution in [0.3, 0.4) is 0 Å². The minimum Gasteiger partial charge on any atom is -0.335 e. The minimum absolute atomic E-state index is 0.127. The maximum atomic E-state index is 13.6. The van der Waals surface area contributed by atoms with Gasteiger partial charge < -0.3 is 4.90 Å². The lowest BCUT2D eigenvalue weighted by Crippen LogP contribution is -2.42. The van der Waals surface area contributed by atoms with Crippen molar-refractivity contribution in [3.8, 4) is 11.3 Å². The van der Waals surface area contributed by atoms with E-state index in [1.54, 1.807) is 6.20 Å². The number of aromatic nitrogens is 2. The van der Waals surface area contributed by atoms with E-state index < -0.39 is 0 Å². The van der Waals surface area contributed by atoms with Crippen LogP contribution in [0, 0.1) is 24.7 Å². The topological polar surface area (TPSA) is 46.1 Å². The first kappa shape index (κ1) is 16.0. The number of hydrogen-bond acceptors (Lipinski definition) is 3. The van der Waals surface area contributed by atoms with Crippen LogP contribution in [0.4, 0.5) is 0 Å². The van der Waals surface area contributed by atoms with Gasteiger partial charge in [0.2, 0.25) is 0 Å². The standard InChI is InChI=1S/C22H25N3O/c1-14-23-12-20(21(24-14)18-5-3-2-4-6-18)22(26)25-13-17-8-15-7-16(9-17)11-19(25)10-15/h2-6,12,15-17,19H,7-11,13H2,1H3/t15-,16+,17?,19?. The van der Waals surface area contributed by atoms with Gasteiger partial charge in [0.25, 0.3) is 5.91 Å². The van der Waals surface area contributed by atoms with Crippen molar-refractivity contribution in [1.29, 1.82) is 0 Å². The SMILES string of the molecule is Cc1ncc(C(=O)N2CC3C[C@@H]4CC2C[C@H](C3)C4)c(-c2ccccc2)n1. The predicted octanol–water partition coefficient (Wildman–Crippen LogP) is 4.10. The highest BCUT2D eigenvalue weighted by Crippen LogP contribution is 2.47. The van der Waals surface area contributed by atoms with Crippen LogP contribution in [0.15, 0.2) is 36.5 Å². The Morgan fingerprint density at radius 1 is 1.00 bits per heavy atom. The second kappa shape index (κ2) is 6.19. The van der Waals surface area contributed by atoms with Gasteiger partial charge >= 0.3 is 0 Å². The average molecular weight is 347 g/mol. The first-order valence-corrected chi connectivity index (χ1v) is 9.87. The van der Waals surface area contributed by atoms with Crippen molar-refractivity contribution in [2.75, 3.05) is 6.54 Å². The van der Waals surface area contributed by atoms with Gasteiger partial charge in [0.1, 0.15) is 5.82 Å². The fourth-order valence-corrected chi connectivity index (χ4v) is 5.63. The van der Waals surface area contributed by atoms with Crippen molar-refractivity contribution in [2.24, 2.45) is 17.8 Å². The highest BCUT2D eigenvalue weighted by atomic mass is 16.2. The average Bonchev–Trinajstić information content (AvgIpc) is 2.85. The monoisotopic (exact) mass is 347 g/mol. The summed E-state index contributed by atoms with van der Waals surface area (Å²) in [5, 5.41) is 0. The Balaban J connectivity index is 1.53. The lowest BCUT2D eigenvalue weighted by molar-refractivity contribution is 0.0632. The Hall–Kier alpha value is -2.23. The summed E-state index contributed by atoms with van der Waals surface area (Å²) in [7, 11) is 0. The normalized spacial score (nSPS) is 29.7. The predicted molar refractivity (Wildman–Crippen MR) is 101 cm³/mol. The molecule has 2 aliphatic carbocycles. The number of hydrogen-bond donors (Lipinski definition) is 0. The molecule has 0 radical (unpaired) electrons. The van der Waals surface area contributed by atoms with Crippen molar-refractivity contribution >= 4 is 5.91 Å². The van der Waals surface area contributed by atoms with E-state index >= 15 is 0 Å². The zero-order chi connectivity index (χ0) is 17.7. The van der Waals surface area contributed by atoms with Crippen LogP contribution < -0.4 is 0 Å². The molecular weight excluding hydrogens is 322 g/mol. The second-order valence-corrected chi connectivity index (χ2v) is 8.43. The number of carbonyl (C=O) groups is 1. The van der Waals surface area contributed by atoms with Gasteiger partial charge in [-0.25, -0.2) is 9.97 Å². The van der Waals surface area contributed by atoms with Crippen LogP contribution in [0.5, 0.6) is 0 Å². The molecule has 3 heterocycles. The van der Waals surface area contributed by atoms with Gasteiger partial charge in [-0.3, -0.25) is 4.79 Å². The van der Waals surface area contributed by atoms with Gasteiger partial charge in [-0.15, -0.1) is 0 Å². The lowest BCUT2D eigenvalue weighted by atomic mass is 9.68. The molecule has 0 N–H and O–H groups in total. The van der Waals surface area contributed by atoms with Crippen LogP contribution in [-0.4, -0.2) is 33.4 Å². The number of aryl methyl sites for hydroxylation is 1. The van der Waals surface area contributed by atoms with E-state index in [2.05, 4.69) is 14.9 Å². The molecule has 0 spiro atoms. The lowest BCUT2D eigenvalue weighted by Gasteiger charge is -2.39. The van der Waals surface area contributed by atoms with E-state index in [0.29, 0.717) is 23.3 Å². The van der Waals surface area contributed by atoms with Crippen LogP contribution in [0.2, 0.25) is 0 Å². The van der Waals surface area contributed by atoms with Gasteiger partial charge in [0.05, 0.1) is 11.3 Å². The molecule has 4 heteroatoms. The van der Waals surface area contributed by atoms with Crippen molar-refractivity contribution < 1.29 is 4.79 Å². The molecule has 1 aromatic heterocycles. The molecule has 6 rings (SSSR count). The summed E-state index contributed by atoms with van der Waals surface area (Å²) in [6.07, 6.45) is 8.12. The third-order valence-electron chi connectivity index (χ3n) is 6.55. The zero-order valence-electron chi connectivity index (χ0n) is 15.3. The van der Waals surface area contributed by atoms with Gasteiger partial charge in [0.15, 0.2) is 0 Å². The van der Waals surface area contributed by atoms with Crippen molar-refractivity contribution in [3.63, 3.8) is 0 Å².